The highest BCUT2D eigenvalue weighted by atomic mass is 32.2. The minimum Gasteiger partial charge on any atom is -0.495 e. The monoisotopic (exact) mass is 454 g/mol. The van der Waals surface area contributed by atoms with E-state index in [0.717, 1.165) is 5.56 Å². The molecule has 3 N–H and O–H groups in total. The Kier molecular flexibility index (Phi) is 6.79. The first kappa shape index (κ1) is 22.8. The number of nitrogens with two attached hydrogens (primary N) is 1. The smallest absolute Gasteiger partial charge is 0.338 e. The maximum Gasteiger partial charge on any atom is 0.338 e. The van der Waals surface area contributed by atoms with Crippen molar-refractivity contribution in [2.45, 2.75) is 18.4 Å². The second-order valence-electron chi connectivity index (χ2n) is 6.97. The van der Waals surface area contributed by atoms with Crippen LogP contribution in [-0.4, -0.2) is 27.4 Å². The molecule has 0 aliphatic carbocycles. The first-order valence-corrected chi connectivity index (χ1v) is 11.0. The summed E-state index contributed by atoms with van der Waals surface area (Å²) in [6, 6.07) is 17.1. The van der Waals surface area contributed by atoms with E-state index in [1.54, 1.807) is 36.4 Å². The van der Waals surface area contributed by atoms with Crippen LogP contribution in [0.5, 0.6) is 5.75 Å². The van der Waals surface area contributed by atoms with Gasteiger partial charge >= 0.3 is 5.97 Å². The lowest BCUT2D eigenvalue weighted by atomic mass is 10.1. The van der Waals surface area contributed by atoms with Gasteiger partial charge in [0.2, 0.25) is 5.91 Å². The standard InChI is InChI=1S/C23H22N2O6S/c1-15-3-10-19(11-4-15)25-32(28,29)21-13-18(9-12-20(21)30-2)23(27)31-14-16-5-7-17(8-6-16)22(24)26/h3-13,25H,14H2,1-2H3,(H2,24,26). The Hall–Kier alpha value is -3.85. The second kappa shape index (κ2) is 9.52. The molecule has 0 aromatic heterocycles. The van der Waals surface area contributed by atoms with Crippen molar-refractivity contribution >= 4 is 27.6 Å². The Balaban J connectivity index is 1.79. The molecule has 3 aromatic carbocycles. The molecule has 0 saturated heterocycles. The van der Waals surface area contributed by atoms with E-state index in [2.05, 4.69) is 4.72 Å². The van der Waals surface area contributed by atoms with Crippen LogP contribution in [0.2, 0.25) is 0 Å². The lowest BCUT2D eigenvalue weighted by Crippen LogP contribution is -2.15. The van der Waals surface area contributed by atoms with E-state index >= 15 is 0 Å². The number of rotatable bonds is 8. The van der Waals surface area contributed by atoms with Crippen LogP contribution in [0.4, 0.5) is 5.69 Å². The van der Waals surface area contributed by atoms with Crippen molar-refractivity contribution in [1.29, 1.82) is 0 Å². The number of hydrogen-bond donors (Lipinski definition) is 2. The van der Waals surface area contributed by atoms with Gasteiger partial charge in [0, 0.05) is 11.3 Å². The number of ether oxygens (including phenoxy) is 2. The molecule has 166 valence electrons. The van der Waals surface area contributed by atoms with Gasteiger partial charge in [-0.1, -0.05) is 29.8 Å². The Bertz CT molecular complexity index is 1240. The fraction of sp³-hybridized carbons (Fsp3) is 0.130. The van der Waals surface area contributed by atoms with Gasteiger partial charge in [0.25, 0.3) is 10.0 Å². The molecule has 9 heteroatoms. The average molecular weight is 455 g/mol. The summed E-state index contributed by atoms with van der Waals surface area (Å²) < 4.78 is 38.8. The highest BCUT2D eigenvalue weighted by Crippen LogP contribution is 2.27. The van der Waals surface area contributed by atoms with Gasteiger partial charge in [0.15, 0.2) is 0 Å². The predicted octanol–water partition coefficient (Wildman–Crippen LogP) is 3.26. The third kappa shape index (κ3) is 5.44. The van der Waals surface area contributed by atoms with Crippen LogP contribution in [-0.2, 0) is 21.4 Å². The molecular formula is C23H22N2O6S. The van der Waals surface area contributed by atoms with E-state index in [4.69, 9.17) is 15.2 Å². The lowest BCUT2D eigenvalue weighted by molar-refractivity contribution is 0.0472. The van der Waals surface area contributed by atoms with Crippen LogP contribution < -0.4 is 15.2 Å². The van der Waals surface area contributed by atoms with Gasteiger partial charge in [-0.05, 0) is 55.0 Å². The van der Waals surface area contributed by atoms with E-state index in [9.17, 15) is 18.0 Å². The predicted molar refractivity (Wildman–Crippen MR) is 119 cm³/mol. The molecule has 0 spiro atoms. The number of hydrogen-bond acceptors (Lipinski definition) is 6. The fourth-order valence-corrected chi connectivity index (χ4v) is 4.10. The Labute approximate surface area is 186 Å². The Morgan fingerprint density at radius 3 is 2.16 bits per heavy atom. The molecule has 0 atom stereocenters. The SMILES string of the molecule is COc1ccc(C(=O)OCc2ccc(C(N)=O)cc2)cc1S(=O)(=O)Nc1ccc(C)cc1. The second-order valence-corrected chi connectivity index (χ2v) is 8.63. The highest BCUT2D eigenvalue weighted by molar-refractivity contribution is 7.92. The van der Waals surface area contributed by atoms with Gasteiger partial charge in [-0.25, -0.2) is 13.2 Å². The number of carbonyl (C=O) groups is 2. The molecule has 8 nitrogen and oxygen atoms in total. The highest BCUT2D eigenvalue weighted by Gasteiger charge is 2.22. The molecule has 1 amide bonds. The van der Waals surface area contributed by atoms with Crippen molar-refractivity contribution in [3.05, 3.63) is 89.0 Å². The summed E-state index contributed by atoms with van der Waals surface area (Å²) in [4.78, 5) is 23.5. The first-order valence-electron chi connectivity index (χ1n) is 9.53. The van der Waals surface area contributed by atoms with Crippen molar-refractivity contribution in [1.82, 2.24) is 0 Å². The summed E-state index contributed by atoms with van der Waals surface area (Å²) in [5, 5.41) is 0. The van der Waals surface area contributed by atoms with Crippen LogP contribution in [0.1, 0.15) is 31.8 Å². The molecule has 0 aliphatic heterocycles. The molecule has 0 fully saturated rings. The fourth-order valence-electron chi connectivity index (χ4n) is 2.84. The number of anilines is 1. The summed E-state index contributed by atoms with van der Waals surface area (Å²) in [5.41, 5.74) is 7.60. The summed E-state index contributed by atoms with van der Waals surface area (Å²) in [6.45, 7) is 1.83. The van der Waals surface area contributed by atoms with Crippen molar-refractivity contribution in [3.63, 3.8) is 0 Å². The topological polar surface area (TPSA) is 125 Å². The number of benzene rings is 3. The van der Waals surface area contributed by atoms with E-state index in [1.807, 2.05) is 6.92 Å². The molecule has 0 bridgehead atoms. The summed E-state index contributed by atoms with van der Waals surface area (Å²) in [7, 11) is -2.69. The molecular weight excluding hydrogens is 432 g/mol. The number of primary amides is 1. The molecule has 3 aromatic rings. The molecule has 3 rings (SSSR count). The van der Waals surface area contributed by atoms with Crippen LogP contribution >= 0.6 is 0 Å². The third-order valence-electron chi connectivity index (χ3n) is 4.60. The molecule has 0 saturated carbocycles. The van der Waals surface area contributed by atoms with Gasteiger partial charge in [0.1, 0.15) is 17.3 Å². The van der Waals surface area contributed by atoms with Crippen molar-refractivity contribution < 1.29 is 27.5 Å². The normalized spacial score (nSPS) is 10.9. The zero-order valence-electron chi connectivity index (χ0n) is 17.5. The van der Waals surface area contributed by atoms with Crippen molar-refractivity contribution in [2.24, 2.45) is 5.73 Å². The number of sulfonamides is 1. The zero-order valence-corrected chi connectivity index (χ0v) is 18.3. The van der Waals surface area contributed by atoms with Gasteiger partial charge in [0.05, 0.1) is 12.7 Å². The number of carbonyl (C=O) groups excluding carboxylic acids is 2. The van der Waals surface area contributed by atoms with Gasteiger partial charge in [-0.2, -0.15) is 0 Å². The van der Waals surface area contributed by atoms with E-state index < -0.39 is 21.9 Å². The van der Waals surface area contributed by atoms with Gasteiger partial charge in [-0.3, -0.25) is 9.52 Å². The summed E-state index contributed by atoms with van der Waals surface area (Å²) in [5.74, 6) is -1.18. The zero-order chi connectivity index (χ0) is 23.3. The number of aryl methyl sites for hydroxylation is 1. The number of esters is 1. The molecule has 0 unspecified atom stereocenters. The average Bonchev–Trinajstić information content (AvgIpc) is 2.78. The van der Waals surface area contributed by atoms with E-state index in [0.29, 0.717) is 16.8 Å². The van der Waals surface area contributed by atoms with Gasteiger partial charge < -0.3 is 15.2 Å². The minimum atomic E-state index is -4.03. The largest absolute Gasteiger partial charge is 0.495 e. The third-order valence-corrected chi connectivity index (χ3v) is 6.00. The maximum atomic E-state index is 12.9. The van der Waals surface area contributed by atoms with Crippen LogP contribution in [0.3, 0.4) is 0 Å². The molecule has 32 heavy (non-hydrogen) atoms. The van der Waals surface area contributed by atoms with E-state index in [1.165, 1.54) is 37.4 Å². The van der Waals surface area contributed by atoms with Gasteiger partial charge in [-0.15, -0.1) is 0 Å². The number of amides is 1. The number of methoxy groups -OCH3 is 1. The Morgan fingerprint density at radius 2 is 1.56 bits per heavy atom. The van der Waals surface area contributed by atoms with E-state index in [-0.39, 0.29) is 22.8 Å². The van der Waals surface area contributed by atoms with Crippen molar-refractivity contribution in [2.75, 3.05) is 11.8 Å². The number of nitrogens with one attached hydrogen (secondary N) is 1. The summed E-state index contributed by atoms with van der Waals surface area (Å²) >= 11 is 0. The molecule has 0 heterocycles. The Morgan fingerprint density at radius 1 is 0.938 bits per heavy atom. The quantitative estimate of drug-likeness (QED) is 0.504. The van der Waals surface area contributed by atoms with Crippen LogP contribution in [0, 0.1) is 6.92 Å². The molecule has 0 radical (unpaired) electrons. The lowest BCUT2D eigenvalue weighted by Gasteiger charge is -2.13. The minimum absolute atomic E-state index is 0.0452. The first-order chi connectivity index (χ1) is 15.2. The van der Waals surface area contributed by atoms with Crippen LogP contribution in [0.25, 0.3) is 0 Å². The van der Waals surface area contributed by atoms with Crippen LogP contribution in [0.15, 0.2) is 71.6 Å². The summed E-state index contributed by atoms with van der Waals surface area (Å²) in [6.07, 6.45) is 0. The van der Waals surface area contributed by atoms with Crippen molar-refractivity contribution in [3.8, 4) is 5.75 Å². The maximum absolute atomic E-state index is 12.9. The molecule has 0 aliphatic rings.